The summed E-state index contributed by atoms with van der Waals surface area (Å²) in [4.78, 5) is 60.4. The number of amides is 4. The molecule has 3 heterocycles. The maximum absolute atomic E-state index is 14.7. The van der Waals surface area contributed by atoms with Gasteiger partial charge in [-0.25, -0.2) is 0 Å². The fourth-order valence-electron chi connectivity index (χ4n) is 6.65. The quantitative estimate of drug-likeness (QED) is 0.287. The Balaban J connectivity index is 1.58. The lowest BCUT2D eigenvalue weighted by atomic mass is 9.95. The minimum Gasteiger partial charge on any atom is -0.483 e. The third-order valence-electron chi connectivity index (χ3n) is 9.97. The van der Waals surface area contributed by atoms with Crippen molar-refractivity contribution < 1.29 is 23.9 Å². The Hall–Kier alpha value is -4.96. The number of nitrogens with zero attached hydrogens (tertiary/aromatic N) is 2. The van der Waals surface area contributed by atoms with Crippen molar-refractivity contribution >= 4 is 29.7 Å². The van der Waals surface area contributed by atoms with Gasteiger partial charge in [0.25, 0.3) is 0 Å². The molecule has 2 unspecified atom stereocenters. The van der Waals surface area contributed by atoms with E-state index in [4.69, 9.17) is 4.74 Å². The highest BCUT2D eigenvalue weighted by atomic mass is 16.5. The SMILES string of the molecule is CCC(C)[C@@H]1NC(=O)[C@@H](NC(=O)[C@H](Cc2ccccc2)N2CN(C)[C@@H](C(C)CC)C2=O)[C@H](c2ccccc2)Oc2ccc(cc2)/C=C\NC1=O. The molecule has 0 spiro atoms. The van der Waals surface area contributed by atoms with Gasteiger partial charge in [-0.3, -0.25) is 24.1 Å². The third kappa shape index (κ3) is 8.42. The summed E-state index contributed by atoms with van der Waals surface area (Å²) in [5, 5.41) is 8.81. The zero-order valence-electron chi connectivity index (χ0n) is 29.5. The number of fused-ring (bicyclic) bond motifs is 10. The Bertz CT molecular complexity index is 1650. The second-order valence-corrected chi connectivity index (χ2v) is 13.5. The van der Waals surface area contributed by atoms with Gasteiger partial charge in [-0.1, -0.05) is 113 Å². The summed E-state index contributed by atoms with van der Waals surface area (Å²) in [6.07, 6.45) is 4.03. The molecule has 50 heavy (non-hydrogen) atoms. The Morgan fingerprint density at radius 1 is 0.880 bits per heavy atom. The molecule has 1 saturated heterocycles. The van der Waals surface area contributed by atoms with Crippen LogP contribution in [0.3, 0.4) is 0 Å². The summed E-state index contributed by atoms with van der Waals surface area (Å²) in [7, 11) is 1.90. The minimum absolute atomic E-state index is 0.0871. The van der Waals surface area contributed by atoms with Gasteiger partial charge >= 0.3 is 0 Å². The summed E-state index contributed by atoms with van der Waals surface area (Å²) in [5.41, 5.74) is 2.38. The number of nitrogens with one attached hydrogen (secondary N) is 3. The van der Waals surface area contributed by atoms with Crippen LogP contribution in [0.5, 0.6) is 5.75 Å². The molecule has 3 aliphatic rings. The monoisotopic (exact) mass is 679 g/mol. The van der Waals surface area contributed by atoms with Crippen LogP contribution in [0.15, 0.2) is 91.1 Å². The highest BCUT2D eigenvalue weighted by Crippen LogP contribution is 2.29. The predicted octanol–water partition coefficient (Wildman–Crippen LogP) is 4.68. The summed E-state index contributed by atoms with van der Waals surface area (Å²) in [6.45, 7) is 8.21. The molecule has 3 aliphatic heterocycles. The zero-order valence-corrected chi connectivity index (χ0v) is 29.5. The first-order chi connectivity index (χ1) is 24.1. The van der Waals surface area contributed by atoms with E-state index >= 15 is 0 Å². The number of hydrogen-bond acceptors (Lipinski definition) is 6. The van der Waals surface area contributed by atoms with Crippen LogP contribution in [0.2, 0.25) is 0 Å². The first-order valence-corrected chi connectivity index (χ1v) is 17.5. The molecule has 3 N–H and O–H groups in total. The van der Waals surface area contributed by atoms with Gasteiger partial charge in [-0.2, -0.15) is 0 Å². The first kappa shape index (κ1) is 36.3. The van der Waals surface area contributed by atoms with Gasteiger partial charge in [0.05, 0.1) is 12.7 Å². The minimum atomic E-state index is -1.28. The molecule has 0 radical (unpaired) electrons. The number of benzene rings is 3. The smallest absolute Gasteiger partial charge is 0.247 e. The first-order valence-electron chi connectivity index (χ1n) is 17.5. The fraction of sp³-hybridized carbons (Fsp3) is 0.400. The van der Waals surface area contributed by atoms with Crippen molar-refractivity contribution in [1.29, 1.82) is 0 Å². The van der Waals surface area contributed by atoms with E-state index in [1.54, 1.807) is 29.3 Å². The van der Waals surface area contributed by atoms with Gasteiger partial charge in [-0.05, 0) is 53.8 Å². The second kappa shape index (κ2) is 16.6. The number of hydrogen-bond donors (Lipinski definition) is 3. The molecule has 10 heteroatoms. The van der Waals surface area contributed by atoms with Crippen LogP contribution in [-0.4, -0.2) is 71.3 Å². The zero-order chi connectivity index (χ0) is 35.8. The molecular weight excluding hydrogens is 630 g/mol. The Morgan fingerprint density at radius 2 is 1.52 bits per heavy atom. The van der Waals surface area contributed by atoms with E-state index in [1.165, 1.54) is 0 Å². The molecule has 0 aromatic heterocycles. The molecular formula is C40H49N5O5. The number of rotatable bonds is 10. The van der Waals surface area contributed by atoms with E-state index in [1.807, 2.05) is 106 Å². The molecule has 4 amide bonds. The van der Waals surface area contributed by atoms with E-state index in [9.17, 15) is 19.2 Å². The van der Waals surface area contributed by atoms with Crippen LogP contribution >= 0.6 is 0 Å². The predicted molar refractivity (Wildman–Crippen MR) is 193 cm³/mol. The summed E-state index contributed by atoms with van der Waals surface area (Å²) >= 11 is 0. The van der Waals surface area contributed by atoms with E-state index in [0.29, 0.717) is 17.7 Å². The molecule has 0 saturated carbocycles. The van der Waals surface area contributed by atoms with Gasteiger partial charge in [0.2, 0.25) is 23.6 Å². The molecule has 2 bridgehead atoms. The molecule has 6 rings (SSSR count). The second-order valence-electron chi connectivity index (χ2n) is 13.5. The van der Waals surface area contributed by atoms with Gasteiger partial charge < -0.3 is 25.6 Å². The van der Waals surface area contributed by atoms with Gasteiger partial charge in [0, 0.05) is 12.6 Å². The fourth-order valence-corrected chi connectivity index (χ4v) is 6.65. The molecule has 10 nitrogen and oxygen atoms in total. The average Bonchev–Trinajstić information content (AvgIpc) is 3.43. The van der Waals surface area contributed by atoms with Crippen molar-refractivity contribution in [3.8, 4) is 5.75 Å². The standard InChI is InChI=1S/C40H49N5O5/c1-6-26(3)33-38(47)41-23-22-28-18-20-31(21-19-28)50-36(30-16-12-9-13-17-30)34(39(48)42-33)43-37(46)32(24-29-14-10-8-11-15-29)45-25-44(5)35(40(45)49)27(4)7-2/h8-23,26-27,32-36H,6-7,24-25H2,1-5H3,(H,41,47)(H,42,48)(H,43,46)/b23-22-/t26?,27?,32-,33-,34-,35-,36-/m0/s1. The topological polar surface area (TPSA) is 120 Å². The average molecular weight is 680 g/mol. The number of likely N-dealkylation sites (N-methyl/N-ethyl adjacent to an activating group) is 1. The van der Waals surface area contributed by atoms with Crippen molar-refractivity contribution in [3.05, 3.63) is 108 Å². The largest absolute Gasteiger partial charge is 0.483 e. The molecule has 3 aromatic carbocycles. The molecule has 3 aromatic rings. The summed E-state index contributed by atoms with van der Waals surface area (Å²) in [5.74, 6) is -1.19. The summed E-state index contributed by atoms with van der Waals surface area (Å²) < 4.78 is 6.57. The highest BCUT2D eigenvalue weighted by Gasteiger charge is 2.45. The van der Waals surface area contributed by atoms with Crippen molar-refractivity contribution in [2.24, 2.45) is 11.8 Å². The summed E-state index contributed by atoms with van der Waals surface area (Å²) in [6, 6.07) is 22.6. The van der Waals surface area contributed by atoms with Crippen molar-refractivity contribution in [2.75, 3.05) is 13.7 Å². The van der Waals surface area contributed by atoms with Gasteiger partial charge in [0.15, 0.2) is 6.10 Å². The molecule has 1 fully saturated rings. The lowest BCUT2D eigenvalue weighted by molar-refractivity contribution is -0.141. The number of ether oxygens (including phenoxy) is 1. The Kier molecular flexibility index (Phi) is 12.1. The van der Waals surface area contributed by atoms with E-state index in [-0.39, 0.29) is 42.8 Å². The van der Waals surface area contributed by atoms with E-state index in [2.05, 4.69) is 22.9 Å². The lowest BCUT2D eigenvalue weighted by Gasteiger charge is -2.33. The van der Waals surface area contributed by atoms with Gasteiger partial charge in [0.1, 0.15) is 23.9 Å². The van der Waals surface area contributed by atoms with E-state index in [0.717, 1.165) is 17.5 Å². The highest BCUT2D eigenvalue weighted by molar-refractivity contribution is 5.96. The van der Waals surface area contributed by atoms with Crippen LogP contribution in [-0.2, 0) is 25.6 Å². The Morgan fingerprint density at radius 3 is 2.16 bits per heavy atom. The maximum Gasteiger partial charge on any atom is 0.247 e. The maximum atomic E-state index is 14.7. The molecule has 0 aliphatic carbocycles. The van der Waals surface area contributed by atoms with Crippen molar-refractivity contribution in [2.45, 2.75) is 77.2 Å². The van der Waals surface area contributed by atoms with Gasteiger partial charge in [-0.15, -0.1) is 0 Å². The molecule has 7 atom stereocenters. The van der Waals surface area contributed by atoms with E-state index < -0.39 is 36.0 Å². The molecule has 264 valence electrons. The van der Waals surface area contributed by atoms with Crippen molar-refractivity contribution in [1.82, 2.24) is 25.8 Å². The van der Waals surface area contributed by atoms with Crippen LogP contribution in [0.25, 0.3) is 6.08 Å². The Labute approximate surface area is 295 Å². The lowest BCUT2D eigenvalue weighted by Crippen LogP contribution is -2.60. The number of carbonyl (C=O) groups is 4. The number of carbonyl (C=O) groups excluding carboxylic acids is 4. The van der Waals surface area contributed by atoms with Crippen molar-refractivity contribution in [3.63, 3.8) is 0 Å². The van der Waals surface area contributed by atoms with Crippen LogP contribution in [0, 0.1) is 11.8 Å². The van der Waals surface area contributed by atoms with Crippen LogP contribution in [0.4, 0.5) is 0 Å². The van der Waals surface area contributed by atoms with Crippen LogP contribution < -0.4 is 20.7 Å². The normalized spacial score (nSPS) is 23.9. The third-order valence-corrected chi connectivity index (χ3v) is 9.97. The van der Waals surface area contributed by atoms with Crippen LogP contribution in [0.1, 0.15) is 63.3 Å².